The Balaban J connectivity index is 0.000000758. The van der Waals surface area contributed by atoms with E-state index >= 15 is 0 Å². The van der Waals surface area contributed by atoms with Gasteiger partial charge >= 0.3 is 29.6 Å². The molecule has 0 saturated carbocycles. The number of hydrogen-bond donors (Lipinski definition) is 2. The molecule has 0 aliphatic carbocycles. The van der Waals surface area contributed by atoms with Gasteiger partial charge in [-0.15, -0.1) is 12.1 Å². The third-order valence-electron chi connectivity index (χ3n) is 4.29. The van der Waals surface area contributed by atoms with Crippen LogP contribution in [0.25, 0.3) is 17.2 Å². The number of carbonyl (C=O) groups excluding carboxylic acids is 1. The minimum absolute atomic E-state index is 0. The van der Waals surface area contributed by atoms with Gasteiger partial charge in [-0.1, -0.05) is 48.5 Å². The van der Waals surface area contributed by atoms with Crippen molar-refractivity contribution < 1.29 is 53.0 Å². The van der Waals surface area contributed by atoms with Crippen LogP contribution in [0.4, 0.5) is 14.5 Å². The minimum atomic E-state index is -2.47. The van der Waals surface area contributed by atoms with E-state index in [0.29, 0.717) is 10.1 Å². The van der Waals surface area contributed by atoms with Crippen LogP contribution in [0.1, 0.15) is 24.5 Å². The molecule has 1 aliphatic heterocycles. The van der Waals surface area contributed by atoms with Gasteiger partial charge in [0.15, 0.2) is 5.17 Å². The molecule has 1 saturated heterocycles. The second-order valence-electron chi connectivity index (χ2n) is 6.80. The van der Waals surface area contributed by atoms with Gasteiger partial charge in [0.05, 0.1) is 4.91 Å². The molecule has 0 atom stereocenters. The van der Waals surface area contributed by atoms with Gasteiger partial charge < -0.3 is 10.4 Å². The quantitative estimate of drug-likeness (QED) is 0.336. The minimum Gasteiger partial charge on any atom is -0.481 e. The number of carboxylic acid groups (broad SMARTS) is 1. The summed E-state index contributed by atoms with van der Waals surface area (Å²) < 4.78 is 25.4. The fourth-order valence-corrected chi connectivity index (χ4v) is 3.64. The summed E-state index contributed by atoms with van der Waals surface area (Å²) in [5, 5.41) is 10.7. The van der Waals surface area contributed by atoms with Gasteiger partial charge in [0.2, 0.25) is 0 Å². The summed E-state index contributed by atoms with van der Waals surface area (Å²) in [7, 11) is 0. The molecule has 1 amide bonds. The Labute approximate surface area is 222 Å². The van der Waals surface area contributed by atoms with E-state index in [1.165, 1.54) is 23.9 Å². The third-order valence-corrected chi connectivity index (χ3v) is 5.20. The van der Waals surface area contributed by atoms with Gasteiger partial charge in [0, 0.05) is 12.5 Å². The maximum atomic E-state index is 12.7. The van der Waals surface area contributed by atoms with E-state index < -0.39 is 12.4 Å². The van der Waals surface area contributed by atoms with Crippen molar-refractivity contribution in [2.75, 3.05) is 0 Å². The molecule has 9 heteroatoms. The van der Waals surface area contributed by atoms with E-state index in [1.54, 1.807) is 30.3 Å². The summed E-state index contributed by atoms with van der Waals surface area (Å²) in [6.45, 7) is 1.08. The van der Waals surface area contributed by atoms with Crippen molar-refractivity contribution in [3.8, 4) is 11.1 Å². The first-order valence-corrected chi connectivity index (χ1v) is 10.6. The van der Waals surface area contributed by atoms with Crippen LogP contribution in [0, 0.1) is 6.07 Å². The van der Waals surface area contributed by atoms with Gasteiger partial charge in [0.1, 0.15) is 0 Å². The van der Waals surface area contributed by atoms with Gasteiger partial charge in [-0.05, 0) is 40.2 Å². The summed E-state index contributed by atoms with van der Waals surface area (Å²) in [5.74, 6) is -1.03. The monoisotopic (exact) mass is 488 g/mol. The second-order valence-corrected chi connectivity index (χ2v) is 7.83. The van der Waals surface area contributed by atoms with E-state index in [2.05, 4.69) is 16.4 Å². The van der Waals surface area contributed by atoms with E-state index in [1.807, 2.05) is 36.4 Å². The van der Waals surface area contributed by atoms with Crippen LogP contribution in [-0.2, 0) is 9.59 Å². The molecule has 168 valence electrons. The normalized spacial score (nSPS) is 14.9. The van der Waals surface area contributed by atoms with Crippen molar-refractivity contribution in [2.24, 2.45) is 4.99 Å². The van der Waals surface area contributed by atoms with E-state index in [0.717, 1.165) is 29.3 Å². The van der Waals surface area contributed by atoms with Gasteiger partial charge in [-0.2, -0.15) is 18.2 Å². The molecule has 0 bridgehead atoms. The van der Waals surface area contributed by atoms with Gasteiger partial charge in [0.25, 0.3) is 18.3 Å². The van der Waals surface area contributed by atoms with Crippen LogP contribution in [-0.4, -0.2) is 22.2 Å². The Morgan fingerprint density at radius 3 is 2.09 bits per heavy atom. The fraction of sp³-hybridized carbons (Fsp3) is 0.0800. The first-order chi connectivity index (χ1) is 15.8. The van der Waals surface area contributed by atoms with Crippen molar-refractivity contribution in [3.05, 3.63) is 94.9 Å². The largest absolute Gasteiger partial charge is 1.00 e. The maximum absolute atomic E-state index is 12.7. The van der Waals surface area contributed by atoms with E-state index in [9.17, 15) is 13.6 Å². The number of aliphatic imine (C=N–C) groups is 1. The maximum Gasteiger partial charge on any atom is 1.00 e. The van der Waals surface area contributed by atoms with Crippen LogP contribution < -0.4 is 34.9 Å². The van der Waals surface area contributed by atoms with Crippen LogP contribution in [0.15, 0.2) is 82.7 Å². The van der Waals surface area contributed by atoms with Gasteiger partial charge in [-0.25, -0.2) is 8.78 Å². The number of alkyl halides is 2. The molecule has 2 N–H and O–H groups in total. The molecule has 0 spiro atoms. The average molecular weight is 488 g/mol. The Hall–Kier alpha value is -2.78. The SMILES string of the molecule is CC(=O)O.O=C1NC(=Nc2cc[c-]cc2)SC1=Cc1ccc(-c2ccc(C(F)F)cc2)cc1.[Na+]. The average Bonchev–Trinajstić information content (AvgIpc) is 3.13. The molecule has 1 aliphatic rings. The Morgan fingerprint density at radius 1 is 1.03 bits per heavy atom. The number of amidine groups is 1. The predicted molar refractivity (Wildman–Crippen MR) is 126 cm³/mol. The zero-order valence-corrected chi connectivity index (χ0v) is 21.3. The third kappa shape index (κ3) is 8.22. The van der Waals surface area contributed by atoms with Gasteiger partial charge in [-0.3, -0.25) is 14.6 Å². The van der Waals surface area contributed by atoms with Crippen LogP contribution >= 0.6 is 11.8 Å². The molecule has 3 aromatic carbocycles. The molecule has 4 rings (SSSR count). The molecule has 5 nitrogen and oxygen atoms in total. The van der Waals surface area contributed by atoms with E-state index in [4.69, 9.17) is 9.90 Å². The summed E-state index contributed by atoms with van der Waals surface area (Å²) in [6, 6.07) is 23.9. The summed E-state index contributed by atoms with van der Waals surface area (Å²) in [5.41, 5.74) is 3.39. The number of carbonyl (C=O) groups is 2. The zero-order valence-electron chi connectivity index (χ0n) is 18.5. The summed E-state index contributed by atoms with van der Waals surface area (Å²) in [4.78, 5) is 26.2. The van der Waals surface area contributed by atoms with Crippen molar-refractivity contribution in [1.29, 1.82) is 0 Å². The number of amides is 1. The Morgan fingerprint density at radius 2 is 1.56 bits per heavy atom. The van der Waals surface area contributed by atoms with Crippen LogP contribution in [0.5, 0.6) is 0 Å². The number of benzene rings is 3. The fourth-order valence-electron chi connectivity index (χ4n) is 2.79. The van der Waals surface area contributed by atoms with Crippen LogP contribution in [0.2, 0.25) is 0 Å². The molecule has 0 aromatic heterocycles. The first-order valence-electron chi connectivity index (χ1n) is 9.75. The molecule has 34 heavy (non-hydrogen) atoms. The molecule has 0 unspecified atom stereocenters. The number of nitrogens with one attached hydrogen (secondary N) is 1. The van der Waals surface area contributed by atoms with E-state index in [-0.39, 0.29) is 41.0 Å². The molecular formula is C25H19F2N2NaO3S. The number of aliphatic carboxylic acids is 1. The Bertz CT molecular complexity index is 1180. The number of halogens is 2. The predicted octanol–water partition coefficient (Wildman–Crippen LogP) is 3.08. The molecule has 1 fully saturated rings. The standard InChI is InChI=1S/C23H15F2N2OS.C2H4O2.Na/c24-21(25)18-12-10-17(11-13-18)16-8-6-15(7-9-16)14-20-22(28)27-23(29-20)26-19-4-2-1-3-5-19;1-2(3)4;/h2-14,21H,(H,26,27,28);1H3,(H,3,4);/q-1;;+1. The van der Waals surface area contributed by atoms with Crippen molar-refractivity contribution in [1.82, 2.24) is 5.32 Å². The number of carboxylic acids is 1. The molecule has 0 radical (unpaired) electrons. The number of thioether (sulfide) groups is 1. The molecule has 1 heterocycles. The second kappa shape index (κ2) is 13.2. The molecular weight excluding hydrogens is 469 g/mol. The van der Waals surface area contributed by atoms with Crippen molar-refractivity contribution in [3.63, 3.8) is 0 Å². The van der Waals surface area contributed by atoms with Crippen LogP contribution in [0.3, 0.4) is 0 Å². The smallest absolute Gasteiger partial charge is 0.481 e. The molecule has 3 aromatic rings. The number of nitrogens with zero attached hydrogens (tertiary/aromatic N) is 1. The Kier molecular flexibility index (Phi) is 10.7. The summed E-state index contributed by atoms with van der Waals surface area (Å²) in [6.07, 6.45) is -0.674. The topological polar surface area (TPSA) is 78.8 Å². The van der Waals surface area contributed by atoms with Crippen molar-refractivity contribution >= 4 is 40.6 Å². The summed E-state index contributed by atoms with van der Waals surface area (Å²) >= 11 is 1.28. The first kappa shape index (κ1) is 27.5. The van der Waals surface area contributed by atoms with Crippen molar-refractivity contribution in [2.45, 2.75) is 13.3 Å². The number of rotatable bonds is 4. The number of hydrogen-bond acceptors (Lipinski definition) is 4. The zero-order chi connectivity index (χ0) is 23.8.